The molecule has 0 aliphatic rings. The van der Waals surface area contributed by atoms with Crippen LogP contribution in [0.3, 0.4) is 0 Å². The van der Waals surface area contributed by atoms with Crippen LogP contribution >= 0.6 is 11.6 Å². The van der Waals surface area contributed by atoms with Crippen LogP contribution in [0, 0.1) is 0 Å². The molecule has 2 aromatic carbocycles. The Bertz CT molecular complexity index is 994. The van der Waals surface area contributed by atoms with Gasteiger partial charge in [0.1, 0.15) is 11.5 Å². The van der Waals surface area contributed by atoms with Gasteiger partial charge in [-0.05, 0) is 17.7 Å². The molecule has 0 saturated carbocycles. The summed E-state index contributed by atoms with van der Waals surface area (Å²) in [6.45, 7) is 0. The van der Waals surface area contributed by atoms with Crippen LogP contribution < -0.4 is 5.73 Å². The lowest BCUT2D eigenvalue weighted by Crippen LogP contribution is -1.96. The van der Waals surface area contributed by atoms with E-state index in [0.717, 1.165) is 27.8 Å². The van der Waals surface area contributed by atoms with Gasteiger partial charge in [0.05, 0.1) is 5.39 Å². The number of nitrogens with one attached hydrogen (secondary N) is 1. The molecule has 3 N–H and O–H groups in total. The summed E-state index contributed by atoms with van der Waals surface area (Å²) in [5.74, 6) is 0.469. The number of hydrogen-bond acceptors (Lipinski definition) is 4. The average molecular weight is 322 g/mol. The van der Waals surface area contributed by atoms with Crippen LogP contribution in [-0.2, 0) is 0 Å². The van der Waals surface area contributed by atoms with E-state index >= 15 is 0 Å². The molecule has 112 valence electrons. The maximum absolute atomic E-state index is 6.13. The summed E-state index contributed by atoms with van der Waals surface area (Å²) in [5, 5.41) is 16.8. The third kappa shape index (κ3) is 2.31. The number of hydrogen-bond donors (Lipinski definition) is 2. The number of nitrogen functional groups attached to an aromatic ring is 1. The predicted octanol–water partition coefficient (Wildman–Crippen LogP) is 3.92. The second-order valence-corrected chi connectivity index (χ2v) is 5.57. The van der Waals surface area contributed by atoms with Gasteiger partial charge in [0, 0.05) is 16.1 Å². The maximum Gasteiger partial charge on any atom is 0.205 e. The highest BCUT2D eigenvalue weighted by molar-refractivity contribution is 6.30. The SMILES string of the molecule is Nc1[nH]nc2nnc(-c3cccc(Cl)c3)c(-c3ccccc3)c12. The highest BCUT2D eigenvalue weighted by Gasteiger charge is 2.18. The standard InChI is InChI=1S/C17H12ClN5/c18-12-8-4-7-11(9-12)15-13(10-5-2-1-3-6-10)14-16(19)21-23-17(14)22-20-15/h1-9H,(H3,19,21,22,23). The molecule has 0 spiro atoms. The van der Waals surface area contributed by atoms with Crippen molar-refractivity contribution in [3.63, 3.8) is 0 Å². The van der Waals surface area contributed by atoms with E-state index in [-0.39, 0.29) is 0 Å². The largest absolute Gasteiger partial charge is 0.383 e. The van der Waals surface area contributed by atoms with Crippen molar-refractivity contribution in [3.05, 3.63) is 59.6 Å². The summed E-state index contributed by atoms with van der Waals surface area (Å²) < 4.78 is 0. The van der Waals surface area contributed by atoms with Crippen molar-refractivity contribution in [2.24, 2.45) is 0 Å². The number of benzene rings is 2. The van der Waals surface area contributed by atoms with E-state index in [4.69, 9.17) is 17.3 Å². The van der Waals surface area contributed by atoms with Gasteiger partial charge in [-0.25, -0.2) is 0 Å². The summed E-state index contributed by atoms with van der Waals surface area (Å²) in [6, 6.07) is 17.5. The third-order valence-corrected chi connectivity index (χ3v) is 3.90. The first-order chi connectivity index (χ1) is 11.2. The van der Waals surface area contributed by atoms with Gasteiger partial charge in [0.15, 0.2) is 0 Å². The Labute approximate surface area is 137 Å². The summed E-state index contributed by atoms with van der Waals surface area (Å²) >= 11 is 6.13. The van der Waals surface area contributed by atoms with Gasteiger partial charge >= 0.3 is 0 Å². The van der Waals surface area contributed by atoms with E-state index < -0.39 is 0 Å². The van der Waals surface area contributed by atoms with Crippen LogP contribution in [0.5, 0.6) is 0 Å². The number of aromatic amines is 1. The summed E-state index contributed by atoms with van der Waals surface area (Å²) in [6.07, 6.45) is 0. The van der Waals surface area contributed by atoms with E-state index in [0.29, 0.717) is 16.5 Å². The number of H-pyrrole nitrogens is 1. The highest BCUT2D eigenvalue weighted by Crippen LogP contribution is 2.37. The van der Waals surface area contributed by atoms with Gasteiger partial charge in [0.2, 0.25) is 5.65 Å². The molecule has 0 aliphatic heterocycles. The first-order valence-corrected chi connectivity index (χ1v) is 7.43. The quantitative estimate of drug-likeness (QED) is 0.586. The smallest absolute Gasteiger partial charge is 0.205 e. The second kappa shape index (κ2) is 5.37. The molecule has 0 fully saturated rings. The first kappa shape index (κ1) is 13.7. The number of fused-ring (bicyclic) bond motifs is 1. The number of aromatic nitrogens is 4. The summed E-state index contributed by atoms with van der Waals surface area (Å²) in [4.78, 5) is 0. The Kier molecular flexibility index (Phi) is 3.20. The van der Waals surface area contributed by atoms with Crippen molar-refractivity contribution in [2.75, 3.05) is 5.73 Å². The molecular weight excluding hydrogens is 310 g/mol. The summed E-state index contributed by atoms with van der Waals surface area (Å²) in [5.41, 5.74) is 10.1. The molecule has 4 aromatic rings. The number of rotatable bonds is 2. The van der Waals surface area contributed by atoms with E-state index in [1.165, 1.54) is 0 Å². The van der Waals surface area contributed by atoms with Crippen LogP contribution in [0.1, 0.15) is 0 Å². The third-order valence-electron chi connectivity index (χ3n) is 3.67. The molecule has 0 amide bonds. The topological polar surface area (TPSA) is 80.5 Å². The zero-order chi connectivity index (χ0) is 15.8. The number of anilines is 1. The minimum absolute atomic E-state index is 0.469. The molecule has 5 nitrogen and oxygen atoms in total. The van der Waals surface area contributed by atoms with E-state index in [9.17, 15) is 0 Å². The Morgan fingerprint density at radius 3 is 2.48 bits per heavy atom. The zero-order valence-corrected chi connectivity index (χ0v) is 12.7. The minimum Gasteiger partial charge on any atom is -0.383 e. The van der Waals surface area contributed by atoms with Gasteiger partial charge in [-0.15, -0.1) is 10.2 Å². The molecule has 2 aromatic heterocycles. The Balaban J connectivity index is 2.10. The fourth-order valence-electron chi connectivity index (χ4n) is 2.65. The van der Waals surface area contributed by atoms with Crippen LogP contribution in [0.4, 0.5) is 5.82 Å². The van der Waals surface area contributed by atoms with Gasteiger partial charge < -0.3 is 5.73 Å². The van der Waals surface area contributed by atoms with Crippen molar-refractivity contribution in [3.8, 4) is 22.4 Å². The molecule has 0 bridgehead atoms. The maximum atomic E-state index is 6.13. The van der Waals surface area contributed by atoms with Crippen molar-refractivity contribution in [1.82, 2.24) is 20.4 Å². The molecule has 2 heterocycles. The lowest BCUT2D eigenvalue weighted by Gasteiger charge is -2.10. The average Bonchev–Trinajstić information content (AvgIpc) is 2.96. The Morgan fingerprint density at radius 1 is 0.913 bits per heavy atom. The molecule has 4 rings (SSSR count). The van der Waals surface area contributed by atoms with Gasteiger partial charge in [-0.2, -0.15) is 5.10 Å². The lowest BCUT2D eigenvalue weighted by atomic mass is 9.97. The molecule has 0 atom stereocenters. The summed E-state index contributed by atoms with van der Waals surface area (Å²) in [7, 11) is 0. The molecule has 6 heteroatoms. The lowest BCUT2D eigenvalue weighted by molar-refractivity contribution is 1.03. The highest BCUT2D eigenvalue weighted by atomic mass is 35.5. The van der Waals surface area contributed by atoms with Crippen molar-refractivity contribution >= 4 is 28.5 Å². The molecule has 0 aliphatic carbocycles. The molecular formula is C17H12ClN5. The van der Waals surface area contributed by atoms with E-state index in [2.05, 4.69) is 20.4 Å². The first-order valence-electron chi connectivity index (χ1n) is 7.05. The minimum atomic E-state index is 0.469. The van der Waals surface area contributed by atoms with Gasteiger partial charge in [-0.3, -0.25) is 5.10 Å². The number of halogens is 1. The fourth-order valence-corrected chi connectivity index (χ4v) is 2.84. The predicted molar refractivity (Wildman–Crippen MR) is 92.0 cm³/mol. The fraction of sp³-hybridized carbons (Fsp3) is 0. The van der Waals surface area contributed by atoms with E-state index in [1.807, 2.05) is 54.6 Å². The van der Waals surface area contributed by atoms with Crippen molar-refractivity contribution < 1.29 is 0 Å². The monoisotopic (exact) mass is 321 g/mol. The normalized spacial score (nSPS) is 11.0. The van der Waals surface area contributed by atoms with Crippen LogP contribution in [-0.4, -0.2) is 20.4 Å². The van der Waals surface area contributed by atoms with E-state index in [1.54, 1.807) is 0 Å². The van der Waals surface area contributed by atoms with Crippen LogP contribution in [0.2, 0.25) is 5.02 Å². The molecule has 0 unspecified atom stereocenters. The number of nitrogens with two attached hydrogens (primary N) is 1. The van der Waals surface area contributed by atoms with Crippen LogP contribution in [0.25, 0.3) is 33.4 Å². The van der Waals surface area contributed by atoms with Gasteiger partial charge in [-0.1, -0.05) is 54.1 Å². The molecule has 23 heavy (non-hydrogen) atoms. The Hall–Kier alpha value is -2.92. The van der Waals surface area contributed by atoms with Crippen molar-refractivity contribution in [2.45, 2.75) is 0 Å². The van der Waals surface area contributed by atoms with Crippen LogP contribution in [0.15, 0.2) is 54.6 Å². The molecule has 0 radical (unpaired) electrons. The Morgan fingerprint density at radius 2 is 1.70 bits per heavy atom. The number of nitrogens with zero attached hydrogens (tertiary/aromatic N) is 3. The van der Waals surface area contributed by atoms with Crippen molar-refractivity contribution in [1.29, 1.82) is 0 Å². The zero-order valence-electron chi connectivity index (χ0n) is 12.0. The van der Waals surface area contributed by atoms with Gasteiger partial charge in [0.25, 0.3) is 0 Å². The second-order valence-electron chi connectivity index (χ2n) is 5.14. The molecule has 0 saturated heterocycles.